The van der Waals surface area contributed by atoms with E-state index in [9.17, 15) is 29.4 Å². The van der Waals surface area contributed by atoms with Crippen LogP contribution in [0.4, 0.5) is 0 Å². The van der Waals surface area contributed by atoms with Gasteiger partial charge in [-0.2, -0.15) is 0 Å². The molecule has 2 N–H and O–H groups in total. The van der Waals surface area contributed by atoms with Crippen molar-refractivity contribution in [3.8, 4) is 34.1 Å². The van der Waals surface area contributed by atoms with Crippen LogP contribution >= 0.6 is 0 Å². The fourth-order valence-electron chi connectivity index (χ4n) is 10.5. The van der Waals surface area contributed by atoms with Crippen molar-refractivity contribution in [2.45, 2.75) is 89.0 Å². The highest BCUT2D eigenvalue weighted by atomic mass is 16.8. The van der Waals surface area contributed by atoms with Gasteiger partial charge in [-0.05, 0) is 93.7 Å². The largest absolute Gasteiger partial charge is 0.481 e. The summed E-state index contributed by atoms with van der Waals surface area (Å²) in [5.74, 6) is -3.16. The maximum atomic E-state index is 12.7. The Balaban J connectivity index is 1.10. The highest BCUT2D eigenvalue weighted by molar-refractivity contribution is 6.30. The molecule has 2 saturated heterocycles. The predicted octanol–water partition coefficient (Wildman–Crippen LogP) is 9.57. The lowest BCUT2D eigenvalue weighted by atomic mass is 9.85. The third-order valence-electron chi connectivity index (χ3n) is 13.4. The number of carboxylic acid groups (broad SMARTS) is 2. The molecule has 0 spiro atoms. The Hall–Kier alpha value is -7.08. The first-order valence-corrected chi connectivity index (χ1v) is 21.0. The van der Waals surface area contributed by atoms with E-state index >= 15 is 0 Å². The van der Waals surface area contributed by atoms with Crippen LogP contribution in [0.3, 0.4) is 0 Å². The minimum Gasteiger partial charge on any atom is -0.481 e. The van der Waals surface area contributed by atoms with Gasteiger partial charge in [-0.1, -0.05) is 48.5 Å². The molecule has 12 rings (SSSR count). The lowest BCUT2D eigenvalue weighted by Crippen LogP contribution is -2.48. The number of benzene rings is 8. The van der Waals surface area contributed by atoms with Crippen LogP contribution < -0.4 is 18.9 Å². The first-order valence-electron chi connectivity index (χ1n) is 21.0. The minimum absolute atomic E-state index is 0.0372. The quantitative estimate of drug-likeness (QED) is 0.105. The Morgan fingerprint density at radius 1 is 0.532 bits per heavy atom. The zero-order valence-corrected chi connectivity index (χ0v) is 33.7. The molecule has 62 heavy (non-hydrogen) atoms. The van der Waals surface area contributed by atoms with Gasteiger partial charge >= 0.3 is 23.9 Å². The Bertz CT molecular complexity index is 3320. The fourth-order valence-corrected chi connectivity index (χ4v) is 10.5. The number of carbonyl (C=O) groups is 4. The lowest BCUT2D eigenvalue weighted by molar-refractivity contribution is -0.196. The maximum absolute atomic E-state index is 12.7. The number of hydrogen-bond donors (Lipinski definition) is 2. The molecule has 4 heterocycles. The standard InChI is InChI=1S/C50H38O12/c1-49-36(22-40(56)59-49)58-46-33-19-27(17-25-11-14-30-24(6-4-8-38(53)54)10-16-32(47(46)61-49)44(30)41(25)33)28-18-26-12-13-29-23(5-3-7-37(51)52)9-15-31-43(29)42(26)34(20-28)48-45(31)57-35-21-39(55)60-50(35,2)62-48/h9-20,35-36H,3-8,21-22H2,1-2H3,(H,51,52)(H,53,54). The number of fused-ring (bicyclic) bond motifs is 8. The number of rotatable bonds is 9. The first kappa shape index (κ1) is 36.7. The van der Waals surface area contributed by atoms with Gasteiger partial charge in [-0.3, -0.25) is 19.2 Å². The highest BCUT2D eigenvalue weighted by Gasteiger charge is 2.55. The fraction of sp³-hybridized carbons (Fsp3) is 0.280. The summed E-state index contributed by atoms with van der Waals surface area (Å²) < 4.78 is 38.3. The van der Waals surface area contributed by atoms with E-state index in [2.05, 4.69) is 48.5 Å². The van der Waals surface area contributed by atoms with Crippen LogP contribution in [0.5, 0.6) is 23.0 Å². The average molecular weight is 831 g/mol. The van der Waals surface area contributed by atoms with Gasteiger partial charge in [-0.25, -0.2) is 0 Å². The van der Waals surface area contributed by atoms with Gasteiger partial charge in [0.15, 0.2) is 35.2 Å². The van der Waals surface area contributed by atoms with Crippen LogP contribution in [0, 0.1) is 0 Å². The van der Waals surface area contributed by atoms with Crippen molar-refractivity contribution >= 4 is 88.5 Å². The summed E-state index contributed by atoms with van der Waals surface area (Å²) in [6, 6.07) is 24.8. The van der Waals surface area contributed by atoms with Gasteiger partial charge in [0.2, 0.25) is 0 Å². The van der Waals surface area contributed by atoms with Crippen molar-refractivity contribution in [1.29, 1.82) is 0 Å². The molecule has 0 amide bonds. The minimum atomic E-state index is -1.33. The normalized spacial score (nSPS) is 22.5. The summed E-state index contributed by atoms with van der Waals surface area (Å²) in [7, 11) is 0. The summed E-state index contributed by atoms with van der Waals surface area (Å²) in [4.78, 5) is 48.2. The number of aryl methyl sites for hydroxylation is 2. The van der Waals surface area contributed by atoms with E-state index in [-0.39, 0.29) is 25.7 Å². The van der Waals surface area contributed by atoms with Crippen LogP contribution in [-0.4, -0.2) is 57.9 Å². The molecule has 12 nitrogen and oxygen atoms in total. The monoisotopic (exact) mass is 830 g/mol. The molecular formula is C50H38O12. The topological polar surface area (TPSA) is 164 Å². The average Bonchev–Trinajstić information content (AvgIpc) is 3.71. The number of carboxylic acids is 2. The van der Waals surface area contributed by atoms with Gasteiger partial charge in [0.25, 0.3) is 11.6 Å². The summed E-state index contributed by atoms with van der Waals surface area (Å²) in [5, 5.41) is 29.7. The SMILES string of the molecule is CC12OC(=O)CC1Oc1c(c3cc(-c4cc5ccc6c(CCCC(=O)O)ccc7c8c(c(c4)c5c67)OC4CC(=O)OC4(C)O8)cc4ccc5c(CCCC(=O)O)ccc1c5c43)O2. The first-order chi connectivity index (χ1) is 29.9. The van der Waals surface area contributed by atoms with Crippen LogP contribution in [0.15, 0.2) is 72.8 Å². The second-order valence-corrected chi connectivity index (χ2v) is 17.4. The Morgan fingerprint density at radius 2 is 0.952 bits per heavy atom. The van der Waals surface area contributed by atoms with Gasteiger partial charge in [0.1, 0.15) is 0 Å². The van der Waals surface area contributed by atoms with Crippen LogP contribution in [0.2, 0.25) is 0 Å². The van der Waals surface area contributed by atoms with E-state index in [1.165, 1.54) is 0 Å². The molecule has 0 aliphatic carbocycles. The molecule has 310 valence electrons. The number of carbonyl (C=O) groups excluding carboxylic acids is 2. The van der Waals surface area contributed by atoms with Gasteiger partial charge in [0.05, 0.1) is 12.8 Å². The van der Waals surface area contributed by atoms with E-state index in [1.807, 2.05) is 24.3 Å². The maximum Gasteiger partial charge on any atom is 0.313 e. The molecule has 4 unspecified atom stereocenters. The van der Waals surface area contributed by atoms with E-state index in [0.29, 0.717) is 48.7 Å². The van der Waals surface area contributed by atoms with Gasteiger partial charge in [0, 0.05) is 69.8 Å². The molecule has 0 bridgehead atoms. The predicted molar refractivity (Wildman–Crippen MR) is 229 cm³/mol. The molecule has 4 aliphatic heterocycles. The van der Waals surface area contributed by atoms with Crippen molar-refractivity contribution in [2.75, 3.05) is 0 Å². The van der Waals surface area contributed by atoms with Crippen molar-refractivity contribution in [2.24, 2.45) is 0 Å². The molecule has 8 aromatic carbocycles. The molecule has 0 aromatic heterocycles. The zero-order chi connectivity index (χ0) is 42.4. The van der Waals surface area contributed by atoms with E-state index in [4.69, 9.17) is 28.4 Å². The molecular weight excluding hydrogens is 793 g/mol. The number of esters is 2. The smallest absolute Gasteiger partial charge is 0.313 e. The summed E-state index contributed by atoms with van der Waals surface area (Å²) in [6.07, 6.45) is 1.01. The molecule has 4 aliphatic rings. The summed E-state index contributed by atoms with van der Waals surface area (Å²) >= 11 is 0. The number of hydrogen-bond acceptors (Lipinski definition) is 10. The van der Waals surface area contributed by atoms with Gasteiger partial charge in [-0.15, -0.1) is 0 Å². The van der Waals surface area contributed by atoms with Crippen LogP contribution in [0.1, 0.15) is 63.5 Å². The van der Waals surface area contributed by atoms with Crippen molar-refractivity contribution < 1.29 is 57.8 Å². The molecule has 8 aromatic rings. The van der Waals surface area contributed by atoms with Crippen molar-refractivity contribution in [3.05, 3.63) is 83.9 Å². The number of ether oxygens (including phenoxy) is 6. The Kier molecular flexibility index (Phi) is 7.54. The molecule has 4 atom stereocenters. The second kappa shape index (κ2) is 12.7. The molecule has 2 fully saturated rings. The summed E-state index contributed by atoms with van der Waals surface area (Å²) in [5.41, 5.74) is 3.79. The van der Waals surface area contributed by atoms with Crippen molar-refractivity contribution in [3.63, 3.8) is 0 Å². The van der Waals surface area contributed by atoms with E-state index in [0.717, 1.165) is 86.9 Å². The van der Waals surface area contributed by atoms with Crippen LogP contribution in [-0.2, 0) is 41.5 Å². The second-order valence-electron chi connectivity index (χ2n) is 17.4. The number of aliphatic carboxylic acids is 2. The Labute approximate surface area is 352 Å². The lowest BCUT2D eigenvalue weighted by Gasteiger charge is -2.37. The molecule has 0 saturated carbocycles. The third-order valence-corrected chi connectivity index (χ3v) is 13.4. The highest BCUT2D eigenvalue weighted by Crippen LogP contribution is 2.57. The van der Waals surface area contributed by atoms with E-state index < -0.39 is 47.7 Å². The van der Waals surface area contributed by atoms with Crippen molar-refractivity contribution in [1.82, 2.24) is 0 Å². The third kappa shape index (κ3) is 5.24. The van der Waals surface area contributed by atoms with E-state index in [1.54, 1.807) is 13.8 Å². The summed E-state index contributed by atoms with van der Waals surface area (Å²) in [6.45, 7) is 3.45. The molecule has 12 heteroatoms. The van der Waals surface area contributed by atoms with Crippen LogP contribution in [0.25, 0.3) is 75.8 Å². The Morgan fingerprint density at radius 3 is 1.44 bits per heavy atom. The zero-order valence-electron chi connectivity index (χ0n) is 33.7. The molecule has 0 radical (unpaired) electrons. The van der Waals surface area contributed by atoms with Gasteiger partial charge < -0.3 is 38.6 Å².